The molecule has 1 heterocycles. The second-order valence-corrected chi connectivity index (χ2v) is 7.27. The van der Waals surface area contributed by atoms with Gasteiger partial charge in [-0.25, -0.2) is 4.99 Å². The van der Waals surface area contributed by atoms with Crippen LogP contribution in [0, 0.1) is 6.92 Å². The average molecular weight is 529 g/mol. The number of aliphatic imine (C=N–C) groups is 1. The molecule has 0 spiro atoms. The lowest BCUT2D eigenvalue weighted by Crippen LogP contribution is -2.41. The molecule has 0 saturated carbocycles. The number of nitrogens with one attached hydrogen (secondary N) is 2. The zero-order chi connectivity index (χ0) is 21.1. The van der Waals surface area contributed by atoms with Gasteiger partial charge in [0.1, 0.15) is 12.4 Å². The molecule has 8 nitrogen and oxygen atoms in total. The van der Waals surface area contributed by atoms with Crippen molar-refractivity contribution in [2.75, 3.05) is 33.9 Å². The Morgan fingerprint density at radius 2 is 1.90 bits per heavy atom. The van der Waals surface area contributed by atoms with E-state index in [0.29, 0.717) is 25.7 Å². The van der Waals surface area contributed by atoms with E-state index in [-0.39, 0.29) is 24.0 Å². The lowest BCUT2D eigenvalue weighted by molar-refractivity contribution is 0.203. The van der Waals surface area contributed by atoms with Gasteiger partial charge in [0, 0.05) is 39.8 Å². The van der Waals surface area contributed by atoms with Crippen molar-refractivity contribution < 1.29 is 4.74 Å². The molecule has 1 unspecified atom stereocenters. The molecule has 0 fully saturated rings. The monoisotopic (exact) mass is 529 g/mol. The molecule has 0 aliphatic rings. The number of ether oxygens (including phenoxy) is 1. The summed E-state index contributed by atoms with van der Waals surface area (Å²) in [4.78, 5) is 7.02. The summed E-state index contributed by atoms with van der Waals surface area (Å²) in [6.45, 7) is 7.76. The molecule has 0 aliphatic heterocycles. The molecule has 2 rings (SSSR count). The second-order valence-electron chi connectivity index (χ2n) is 7.27. The van der Waals surface area contributed by atoms with Crippen molar-refractivity contribution in [2.24, 2.45) is 12.0 Å². The predicted molar refractivity (Wildman–Crippen MR) is 132 cm³/mol. The van der Waals surface area contributed by atoms with Gasteiger partial charge in [-0.05, 0) is 32.9 Å². The molecule has 1 aromatic carbocycles. The van der Waals surface area contributed by atoms with E-state index in [1.165, 1.54) is 5.56 Å². The van der Waals surface area contributed by atoms with Gasteiger partial charge in [-0.2, -0.15) is 0 Å². The quantitative estimate of drug-likeness (QED) is 0.201. The fraction of sp³-hybridized carbons (Fsp3) is 0.571. The maximum atomic E-state index is 5.13. The molecule has 0 bridgehead atoms. The van der Waals surface area contributed by atoms with Crippen LogP contribution < -0.4 is 10.6 Å². The van der Waals surface area contributed by atoms with Gasteiger partial charge in [-0.3, -0.25) is 4.90 Å². The highest BCUT2D eigenvalue weighted by Crippen LogP contribution is 2.08. The van der Waals surface area contributed by atoms with E-state index in [9.17, 15) is 0 Å². The van der Waals surface area contributed by atoms with E-state index in [1.807, 2.05) is 18.5 Å². The summed E-state index contributed by atoms with van der Waals surface area (Å²) in [7, 11) is 5.81. The highest BCUT2D eigenvalue weighted by atomic mass is 127. The number of hydrogen-bond donors (Lipinski definition) is 2. The summed E-state index contributed by atoms with van der Waals surface area (Å²) in [6, 6.07) is 11.0. The van der Waals surface area contributed by atoms with E-state index in [0.717, 1.165) is 37.1 Å². The zero-order valence-corrected chi connectivity index (χ0v) is 21.1. The number of benzene rings is 1. The Morgan fingerprint density at radius 1 is 1.20 bits per heavy atom. The fourth-order valence-corrected chi connectivity index (χ4v) is 2.83. The van der Waals surface area contributed by atoms with E-state index in [1.54, 1.807) is 7.11 Å². The van der Waals surface area contributed by atoms with Crippen LogP contribution in [0.1, 0.15) is 30.6 Å². The average Bonchev–Trinajstić information content (AvgIpc) is 3.04. The van der Waals surface area contributed by atoms with Crippen LogP contribution in [-0.2, 0) is 24.9 Å². The second kappa shape index (κ2) is 14.3. The van der Waals surface area contributed by atoms with Crippen molar-refractivity contribution >= 4 is 29.9 Å². The summed E-state index contributed by atoms with van der Waals surface area (Å²) in [5.41, 5.74) is 1.33. The maximum absolute atomic E-state index is 5.13. The normalized spacial score (nSPS) is 12.5. The van der Waals surface area contributed by atoms with E-state index in [2.05, 4.69) is 75.0 Å². The lowest BCUT2D eigenvalue weighted by Gasteiger charge is -2.25. The van der Waals surface area contributed by atoms with Crippen molar-refractivity contribution in [3.05, 3.63) is 47.5 Å². The van der Waals surface area contributed by atoms with Crippen molar-refractivity contribution in [3.8, 4) is 0 Å². The van der Waals surface area contributed by atoms with E-state index >= 15 is 0 Å². The van der Waals surface area contributed by atoms with Gasteiger partial charge >= 0.3 is 0 Å². The zero-order valence-electron chi connectivity index (χ0n) is 18.8. The van der Waals surface area contributed by atoms with Crippen molar-refractivity contribution in [1.82, 2.24) is 30.3 Å². The van der Waals surface area contributed by atoms with Crippen LogP contribution >= 0.6 is 24.0 Å². The largest absolute Gasteiger partial charge is 0.383 e. The fourth-order valence-electron chi connectivity index (χ4n) is 2.83. The van der Waals surface area contributed by atoms with Gasteiger partial charge in [0.25, 0.3) is 0 Å². The Morgan fingerprint density at radius 3 is 2.53 bits per heavy atom. The number of aromatic nitrogens is 3. The minimum Gasteiger partial charge on any atom is -0.383 e. The summed E-state index contributed by atoms with van der Waals surface area (Å²) in [6.07, 6.45) is 1.01. The first kappa shape index (κ1) is 26.3. The molecule has 0 amide bonds. The van der Waals surface area contributed by atoms with Gasteiger partial charge in [0.2, 0.25) is 0 Å². The summed E-state index contributed by atoms with van der Waals surface area (Å²) in [5, 5.41) is 15.0. The first-order chi connectivity index (χ1) is 14.0. The Bertz CT molecular complexity index is 751. The lowest BCUT2D eigenvalue weighted by atomic mass is 10.1. The van der Waals surface area contributed by atoms with Crippen LogP contribution in [0.25, 0.3) is 0 Å². The number of halogens is 1. The van der Waals surface area contributed by atoms with Crippen LogP contribution in [-0.4, -0.2) is 65.5 Å². The number of methoxy groups -OCH3 is 1. The smallest absolute Gasteiger partial charge is 0.191 e. The molecule has 1 atom stereocenters. The standard InChI is InChI=1S/C21H35N7O.HI/c1-17(27(3)16-19-9-7-6-8-10-19)11-12-22-21(23-13-14-29-5)24-15-20-26-25-18(2)28(20)4;/h6-10,17H,11-16H2,1-5H3,(H2,22,23,24);1H. The van der Waals surface area contributed by atoms with Gasteiger partial charge < -0.3 is 19.9 Å². The van der Waals surface area contributed by atoms with Crippen molar-refractivity contribution in [3.63, 3.8) is 0 Å². The van der Waals surface area contributed by atoms with E-state index < -0.39 is 0 Å². The molecule has 0 saturated heterocycles. The predicted octanol–water partition coefficient (Wildman–Crippen LogP) is 2.33. The molecular formula is C21H36IN7O. The number of aryl methyl sites for hydroxylation is 1. The third-order valence-corrected chi connectivity index (χ3v) is 5.04. The Balaban J connectivity index is 0.00000450. The molecule has 168 valence electrons. The number of rotatable bonds is 11. The van der Waals surface area contributed by atoms with Crippen LogP contribution in [0.15, 0.2) is 35.3 Å². The van der Waals surface area contributed by atoms with Gasteiger partial charge in [-0.15, -0.1) is 34.2 Å². The number of hydrogen-bond acceptors (Lipinski definition) is 5. The van der Waals surface area contributed by atoms with Crippen LogP contribution in [0.4, 0.5) is 0 Å². The number of guanidine groups is 1. The number of nitrogens with zero attached hydrogens (tertiary/aromatic N) is 5. The Kier molecular flexibility index (Phi) is 12.6. The van der Waals surface area contributed by atoms with E-state index in [4.69, 9.17) is 4.74 Å². The summed E-state index contributed by atoms with van der Waals surface area (Å²) >= 11 is 0. The minimum atomic E-state index is 0. The Labute approximate surface area is 197 Å². The molecule has 0 radical (unpaired) electrons. The molecule has 30 heavy (non-hydrogen) atoms. The first-order valence-corrected chi connectivity index (χ1v) is 10.1. The molecule has 1 aromatic heterocycles. The van der Waals surface area contributed by atoms with Crippen LogP contribution in [0.5, 0.6) is 0 Å². The SMILES string of the molecule is COCCNC(=NCc1nnc(C)n1C)NCCC(C)N(C)Cc1ccccc1.I. The summed E-state index contributed by atoms with van der Waals surface area (Å²) in [5.74, 6) is 2.49. The van der Waals surface area contributed by atoms with Gasteiger partial charge in [0.05, 0.1) is 6.61 Å². The molecule has 2 aromatic rings. The van der Waals surface area contributed by atoms with Crippen LogP contribution in [0.3, 0.4) is 0 Å². The maximum Gasteiger partial charge on any atom is 0.191 e. The third-order valence-electron chi connectivity index (χ3n) is 5.04. The highest BCUT2D eigenvalue weighted by molar-refractivity contribution is 14.0. The third kappa shape index (κ3) is 8.97. The first-order valence-electron chi connectivity index (χ1n) is 10.1. The topological polar surface area (TPSA) is 79.6 Å². The van der Waals surface area contributed by atoms with Crippen molar-refractivity contribution in [2.45, 2.75) is 39.4 Å². The Hall–Kier alpha value is -1.72. The van der Waals surface area contributed by atoms with Gasteiger partial charge in [0.15, 0.2) is 11.8 Å². The summed E-state index contributed by atoms with van der Waals surface area (Å²) < 4.78 is 7.09. The molecular weight excluding hydrogens is 493 g/mol. The minimum absolute atomic E-state index is 0. The highest BCUT2D eigenvalue weighted by Gasteiger charge is 2.10. The molecule has 2 N–H and O–H groups in total. The van der Waals surface area contributed by atoms with Gasteiger partial charge in [-0.1, -0.05) is 30.3 Å². The molecule has 9 heteroatoms. The molecule has 0 aliphatic carbocycles. The van der Waals surface area contributed by atoms with Crippen molar-refractivity contribution in [1.29, 1.82) is 0 Å². The van der Waals surface area contributed by atoms with Crippen LogP contribution in [0.2, 0.25) is 0 Å².